The number of aliphatic imine (C=N–C) groups is 1. The number of hydrogen-bond acceptors (Lipinski definition) is 5. The van der Waals surface area contributed by atoms with Crippen molar-refractivity contribution in [1.82, 2.24) is 14.5 Å². The number of anilines is 1. The van der Waals surface area contributed by atoms with Crippen molar-refractivity contribution in [2.24, 2.45) is 29.8 Å². The molecular formula is C19H19Cl2N5O3. The van der Waals surface area contributed by atoms with Crippen LogP contribution >= 0.6 is 23.2 Å². The fourth-order valence-electron chi connectivity index (χ4n) is 3.80. The zero-order valence-corrected chi connectivity index (χ0v) is 17.1. The number of nitrogens with one attached hydrogen (secondary N) is 1. The van der Waals surface area contributed by atoms with E-state index in [1.54, 1.807) is 30.7 Å². The summed E-state index contributed by atoms with van der Waals surface area (Å²) in [6.07, 6.45) is 3.84. The lowest BCUT2D eigenvalue weighted by Crippen LogP contribution is -2.40. The lowest BCUT2D eigenvalue weighted by Gasteiger charge is -2.20. The van der Waals surface area contributed by atoms with Gasteiger partial charge in [0.05, 0.1) is 40.4 Å². The highest BCUT2D eigenvalue weighted by Crippen LogP contribution is 2.50. The van der Waals surface area contributed by atoms with Crippen molar-refractivity contribution in [3.05, 3.63) is 46.5 Å². The molecule has 2 unspecified atom stereocenters. The maximum atomic E-state index is 13.2. The Morgan fingerprint density at radius 3 is 2.62 bits per heavy atom. The van der Waals surface area contributed by atoms with E-state index in [0.29, 0.717) is 41.2 Å². The fraction of sp³-hybridized carbons (Fsp3) is 0.368. The average Bonchev–Trinajstić information content (AvgIpc) is 2.95. The maximum Gasteiger partial charge on any atom is 0.307 e. The molecule has 2 aromatic rings. The van der Waals surface area contributed by atoms with Crippen LogP contribution in [0.4, 0.5) is 5.69 Å². The smallest absolute Gasteiger partial charge is 0.307 e. The van der Waals surface area contributed by atoms with E-state index in [1.165, 1.54) is 4.90 Å². The van der Waals surface area contributed by atoms with Gasteiger partial charge in [0.2, 0.25) is 11.9 Å². The lowest BCUT2D eigenvalue weighted by atomic mass is 10.2. The molecule has 10 heteroatoms. The van der Waals surface area contributed by atoms with Gasteiger partial charge in [-0.25, -0.2) is 4.98 Å². The van der Waals surface area contributed by atoms with Crippen molar-refractivity contribution in [3.63, 3.8) is 0 Å². The Bertz CT molecular complexity index is 985. The Balaban J connectivity index is 1.51. The summed E-state index contributed by atoms with van der Waals surface area (Å²) >= 11 is 12.4. The number of amides is 1. The summed E-state index contributed by atoms with van der Waals surface area (Å²) in [6, 6.07) is 5.09. The Morgan fingerprint density at radius 2 is 2.00 bits per heavy atom. The zero-order valence-electron chi connectivity index (χ0n) is 15.5. The number of aromatic nitrogens is 2. The summed E-state index contributed by atoms with van der Waals surface area (Å²) in [7, 11) is 1.85. The minimum Gasteiger partial charge on any atom is -0.481 e. The van der Waals surface area contributed by atoms with E-state index in [2.05, 4.69) is 15.3 Å². The van der Waals surface area contributed by atoms with Crippen LogP contribution in [0.25, 0.3) is 0 Å². The third kappa shape index (κ3) is 3.70. The summed E-state index contributed by atoms with van der Waals surface area (Å²) in [5.41, 5.74) is 1.36. The van der Waals surface area contributed by atoms with Crippen molar-refractivity contribution >= 4 is 46.7 Å². The first kappa shape index (κ1) is 19.7. The summed E-state index contributed by atoms with van der Waals surface area (Å²) in [5.74, 6) is -2.48. The van der Waals surface area contributed by atoms with Gasteiger partial charge in [-0.1, -0.05) is 29.3 Å². The third-order valence-corrected chi connectivity index (χ3v) is 6.04. The number of carbonyl (C=O) groups is 2. The predicted octanol–water partition coefficient (Wildman–Crippen LogP) is 2.53. The molecule has 1 aliphatic heterocycles. The molecular weight excluding hydrogens is 417 g/mol. The molecule has 1 saturated carbocycles. The zero-order chi connectivity index (χ0) is 20.7. The van der Waals surface area contributed by atoms with Crippen LogP contribution < -0.4 is 5.32 Å². The summed E-state index contributed by atoms with van der Waals surface area (Å²) < 4.78 is 1.84. The topological polar surface area (TPSA) is 99.8 Å². The van der Waals surface area contributed by atoms with Gasteiger partial charge >= 0.3 is 5.97 Å². The summed E-state index contributed by atoms with van der Waals surface area (Å²) in [6.45, 7) is 0.803. The lowest BCUT2D eigenvalue weighted by molar-refractivity contribution is -0.141. The van der Waals surface area contributed by atoms with Gasteiger partial charge in [0.25, 0.3) is 0 Å². The van der Waals surface area contributed by atoms with Crippen molar-refractivity contribution in [2.75, 3.05) is 18.4 Å². The van der Waals surface area contributed by atoms with Crippen molar-refractivity contribution < 1.29 is 14.7 Å². The molecule has 3 atom stereocenters. The highest BCUT2D eigenvalue weighted by molar-refractivity contribution is 6.39. The minimum atomic E-state index is -0.963. The molecule has 0 saturated heterocycles. The van der Waals surface area contributed by atoms with Crippen molar-refractivity contribution in [1.29, 1.82) is 0 Å². The molecule has 1 aliphatic carbocycles. The van der Waals surface area contributed by atoms with Crippen molar-refractivity contribution in [2.45, 2.75) is 6.42 Å². The van der Waals surface area contributed by atoms with Crippen LogP contribution in [-0.2, 0) is 23.1 Å². The monoisotopic (exact) mass is 435 g/mol. The van der Waals surface area contributed by atoms with Gasteiger partial charge < -0.3 is 15.0 Å². The molecule has 4 rings (SSSR count). The van der Waals surface area contributed by atoms with E-state index >= 15 is 0 Å². The van der Waals surface area contributed by atoms with E-state index in [9.17, 15) is 14.7 Å². The van der Waals surface area contributed by atoms with Crippen LogP contribution in [0.5, 0.6) is 0 Å². The van der Waals surface area contributed by atoms with Gasteiger partial charge in [-0.2, -0.15) is 0 Å². The van der Waals surface area contributed by atoms with Gasteiger partial charge in [-0.15, -0.1) is 0 Å². The molecule has 8 nitrogen and oxygen atoms in total. The molecule has 0 spiro atoms. The molecule has 2 aliphatic rings. The molecule has 2 heterocycles. The van der Waals surface area contributed by atoms with Gasteiger partial charge in [-0.3, -0.25) is 19.5 Å². The number of carboxylic acids is 1. The van der Waals surface area contributed by atoms with Gasteiger partial charge in [-0.05, 0) is 24.5 Å². The SMILES string of the molecule is Cn1cncc1CC1C(C(=O)N2CCN=C2Nc2c(Cl)cccc2Cl)[C@H]1C(=O)O. The number of para-hydroxylation sites is 1. The standard InChI is InChI=1S/C19H19Cl2N5O3/c1-25-9-22-8-10(25)7-11-14(15(11)18(28)29)17(27)26-6-5-23-19(26)24-16-12(20)3-2-4-13(16)21/h2-4,8-9,11,14-15H,5-7H2,1H3,(H,23,24)(H,28,29)/t11?,14?,15-/m0/s1. The predicted molar refractivity (Wildman–Crippen MR) is 109 cm³/mol. The molecule has 1 amide bonds. The number of rotatable bonds is 5. The third-order valence-electron chi connectivity index (χ3n) is 5.41. The first-order valence-electron chi connectivity index (χ1n) is 9.13. The van der Waals surface area contributed by atoms with E-state index in [0.717, 1.165) is 5.69 Å². The summed E-state index contributed by atoms with van der Waals surface area (Å²) in [5, 5.41) is 13.4. The van der Waals surface area contributed by atoms with E-state index in [-0.39, 0.29) is 11.8 Å². The number of guanidine groups is 1. The van der Waals surface area contributed by atoms with Gasteiger partial charge in [0.1, 0.15) is 0 Å². The average molecular weight is 436 g/mol. The number of nitrogens with zero attached hydrogens (tertiary/aromatic N) is 4. The quantitative estimate of drug-likeness (QED) is 0.751. The molecule has 1 fully saturated rings. The van der Waals surface area contributed by atoms with E-state index < -0.39 is 17.8 Å². The van der Waals surface area contributed by atoms with Crippen LogP contribution in [0.3, 0.4) is 0 Å². The summed E-state index contributed by atoms with van der Waals surface area (Å²) in [4.78, 5) is 34.8. The minimum absolute atomic E-state index is 0.253. The molecule has 0 radical (unpaired) electrons. The second-order valence-corrected chi connectivity index (χ2v) is 7.98. The Labute approximate surface area is 177 Å². The Morgan fingerprint density at radius 1 is 1.28 bits per heavy atom. The van der Waals surface area contributed by atoms with Crippen LogP contribution in [-0.4, -0.2) is 50.5 Å². The first-order chi connectivity index (χ1) is 13.9. The Kier molecular flexibility index (Phi) is 5.23. The molecule has 29 heavy (non-hydrogen) atoms. The number of hydrogen-bond donors (Lipinski definition) is 2. The van der Waals surface area contributed by atoms with Crippen LogP contribution in [0.1, 0.15) is 5.69 Å². The highest BCUT2D eigenvalue weighted by Gasteiger charge is 2.60. The van der Waals surface area contributed by atoms with Crippen LogP contribution in [0.2, 0.25) is 10.0 Å². The Hall–Kier alpha value is -2.58. The molecule has 1 aromatic heterocycles. The number of carbonyl (C=O) groups excluding carboxylic acids is 1. The number of halogens is 2. The fourth-order valence-corrected chi connectivity index (χ4v) is 4.29. The van der Waals surface area contributed by atoms with E-state index in [1.807, 2.05) is 11.6 Å². The molecule has 2 N–H and O–H groups in total. The highest BCUT2D eigenvalue weighted by atomic mass is 35.5. The molecule has 152 valence electrons. The number of benzene rings is 1. The normalized spacial score (nSPS) is 23.1. The second-order valence-electron chi connectivity index (χ2n) is 7.17. The first-order valence-corrected chi connectivity index (χ1v) is 9.89. The van der Waals surface area contributed by atoms with Gasteiger partial charge in [0, 0.05) is 25.5 Å². The number of aliphatic carboxylic acids is 1. The number of imidazole rings is 1. The number of aryl methyl sites for hydroxylation is 1. The largest absolute Gasteiger partial charge is 0.481 e. The maximum absolute atomic E-state index is 13.2. The van der Waals surface area contributed by atoms with Crippen LogP contribution in [0, 0.1) is 17.8 Å². The molecule has 1 aromatic carbocycles. The van der Waals surface area contributed by atoms with E-state index in [4.69, 9.17) is 23.2 Å². The molecule has 0 bridgehead atoms. The second kappa shape index (κ2) is 7.68. The van der Waals surface area contributed by atoms with Crippen LogP contribution in [0.15, 0.2) is 35.7 Å². The number of carboxylic acid groups (broad SMARTS) is 1. The van der Waals surface area contributed by atoms with Crippen molar-refractivity contribution in [3.8, 4) is 0 Å². The van der Waals surface area contributed by atoms with Gasteiger partial charge in [0.15, 0.2) is 0 Å².